The minimum absolute atomic E-state index is 0.202. The third-order valence-electron chi connectivity index (χ3n) is 2.94. The molecule has 0 fully saturated rings. The standard InChI is InChI=1S/C16H13ClN2O2/c1-19(14-8-7-13(10-18)15(17)9-14)16(20)21-11-12-5-3-2-4-6-12/h2-9H,11H2,1H3. The Hall–Kier alpha value is -2.51. The second-order valence-electron chi connectivity index (χ2n) is 4.38. The second-order valence-corrected chi connectivity index (χ2v) is 4.78. The minimum Gasteiger partial charge on any atom is -0.444 e. The average Bonchev–Trinajstić information content (AvgIpc) is 2.52. The summed E-state index contributed by atoms with van der Waals surface area (Å²) in [5.74, 6) is 0. The molecule has 2 aromatic carbocycles. The van der Waals surface area contributed by atoms with Gasteiger partial charge >= 0.3 is 6.09 Å². The molecule has 0 saturated heterocycles. The normalized spacial score (nSPS) is 9.76. The van der Waals surface area contributed by atoms with Gasteiger partial charge in [0.1, 0.15) is 12.7 Å². The highest BCUT2D eigenvalue weighted by molar-refractivity contribution is 6.32. The maximum Gasteiger partial charge on any atom is 0.414 e. The highest BCUT2D eigenvalue weighted by atomic mass is 35.5. The highest BCUT2D eigenvalue weighted by Crippen LogP contribution is 2.23. The SMILES string of the molecule is CN(C(=O)OCc1ccccc1)c1ccc(C#N)c(Cl)c1. The first-order valence-electron chi connectivity index (χ1n) is 6.26. The summed E-state index contributed by atoms with van der Waals surface area (Å²) in [5, 5.41) is 9.13. The molecule has 0 aliphatic heterocycles. The van der Waals surface area contributed by atoms with E-state index in [1.807, 2.05) is 36.4 Å². The van der Waals surface area contributed by atoms with E-state index in [1.54, 1.807) is 25.2 Å². The van der Waals surface area contributed by atoms with Crippen LogP contribution in [-0.4, -0.2) is 13.1 Å². The quantitative estimate of drug-likeness (QED) is 0.861. The fraction of sp³-hybridized carbons (Fsp3) is 0.125. The van der Waals surface area contributed by atoms with Crippen LogP contribution < -0.4 is 4.90 Å². The first kappa shape index (κ1) is 14.9. The van der Waals surface area contributed by atoms with Gasteiger partial charge in [0, 0.05) is 12.7 Å². The van der Waals surface area contributed by atoms with E-state index >= 15 is 0 Å². The summed E-state index contributed by atoms with van der Waals surface area (Å²) in [6.45, 7) is 0.202. The van der Waals surface area contributed by atoms with Crippen molar-refractivity contribution in [2.24, 2.45) is 0 Å². The van der Waals surface area contributed by atoms with Crippen molar-refractivity contribution in [2.75, 3.05) is 11.9 Å². The van der Waals surface area contributed by atoms with Crippen LogP contribution in [0.1, 0.15) is 11.1 Å². The number of hydrogen-bond donors (Lipinski definition) is 0. The number of hydrogen-bond acceptors (Lipinski definition) is 3. The summed E-state index contributed by atoms with van der Waals surface area (Å²) in [5.41, 5.74) is 1.85. The average molecular weight is 301 g/mol. The fourth-order valence-corrected chi connectivity index (χ4v) is 1.94. The highest BCUT2D eigenvalue weighted by Gasteiger charge is 2.13. The summed E-state index contributed by atoms with van der Waals surface area (Å²) in [7, 11) is 1.59. The van der Waals surface area contributed by atoms with Gasteiger partial charge in [-0.1, -0.05) is 41.9 Å². The van der Waals surface area contributed by atoms with E-state index in [0.717, 1.165) is 5.56 Å². The van der Waals surface area contributed by atoms with Crippen LogP contribution in [0.15, 0.2) is 48.5 Å². The van der Waals surface area contributed by atoms with E-state index in [4.69, 9.17) is 21.6 Å². The molecule has 5 heteroatoms. The zero-order chi connectivity index (χ0) is 15.2. The van der Waals surface area contributed by atoms with Crippen LogP contribution in [0.5, 0.6) is 0 Å². The van der Waals surface area contributed by atoms with Crippen molar-refractivity contribution in [2.45, 2.75) is 6.61 Å². The smallest absolute Gasteiger partial charge is 0.414 e. The molecule has 0 atom stereocenters. The first-order chi connectivity index (χ1) is 10.1. The number of anilines is 1. The number of amides is 1. The molecule has 0 N–H and O–H groups in total. The molecule has 4 nitrogen and oxygen atoms in total. The molecule has 0 radical (unpaired) electrons. The first-order valence-corrected chi connectivity index (χ1v) is 6.63. The number of halogens is 1. The van der Waals surface area contributed by atoms with Crippen molar-refractivity contribution < 1.29 is 9.53 Å². The zero-order valence-electron chi connectivity index (χ0n) is 11.4. The minimum atomic E-state index is -0.486. The summed E-state index contributed by atoms with van der Waals surface area (Å²) < 4.78 is 5.22. The van der Waals surface area contributed by atoms with Crippen LogP contribution in [0.2, 0.25) is 5.02 Å². The molecule has 21 heavy (non-hydrogen) atoms. The molecule has 0 spiro atoms. The molecule has 2 rings (SSSR count). The van der Waals surface area contributed by atoms with Gasteiger partial charge in [-0.3, -0.25) is 4.90 Å². The predicted molar refractivity (Wildman–Crippen MR) is 81.2 cm³/mol. The van der Waals surface area contributed by atoms with Gasteiger partial charge in [-0.15, -0.1) is 0 Å². The molecule has 106 valence electrons. The van der Waals surface area contributed by atoms with Crippen molar-refractivity contribution in [1.82, 2.24) is 0 Å². The Morgan fingerprint density at radius 3 is 2.62 bits per heavy atom. The summed E-state index contributed by atoms with van der Waals surface area (Å²) in [4.78, 5) is 13.3. The van der Waals surface area contributed by atoms with Crippen LogP contribution in [0.3, 0.4) is 0 Å². The fourth-order valence-electron chi connectivity index (χ4n) is 1.72. The zero-order valence-corrected chi connectivity index (χ0v) is 12.2. The molecular formula is C16H13ClN2O2. The lowest BCUT2D eigenvalue weighted by atomic mass is 10.2. The third kappa shape index (κ3) is 3.74. The topological polar surface area (TPSA) is 53.3 Å². The number of nitrogens with zero attached hydrogens (tertiary/aromatic N) is 2. The largest absolute Gasteiger partial charge is 0.444 e. The van der Waals surface area contributed by atoms with Crippen LogP contribution in [0.25, 0.3) is 0 Å². The molecule has 0 unspecified atom stereocenters. The Labute approximate surface area is 128 Å². The number of carbonyl (C=O) groups excluding carboxylic acids is 1. The van der Waals surface area contributed by atoms with Gasteiger partial charge < -0.3 is 4.74 Å². The van der Waals surface area contributed by atoms with Crippen LogP contribution in [-0.2, 0) is 11.3 Å². The van der Waals surface area contributed by atoms with Crippen LogP contribution in [0.4, 0.5) is 10.5 Å². The summed E-state index contributed by atoms with van der Waals surface area (Å²) in [6, 6.07) is 16.2. The van der Waals surface area contributed by atoms with E-state index in [1.165, 1.54) is 4.90 Å². The maximum absolute atomic E-state index is 12.0. The number of ether oxygens (including phenoxy) is 1. The lowest BCUT2D eigenvalue weighted by molar-refractivity contribution is 0.148. The van der Waals surface area contributed by atoms with Crippen molar-refractivity contribution in [3.05, 3.63) is 64.7 Å². The molecule has 0 bridgehead atoms. The van der Waals surface area contributed by atoms with E-state index < -0.39 is 6.09 Å². The van der Waals surface area contributed by atoms with Crippen molar-refractivity contribution in [3.63, 3.8) is 0 Å². The van der Waals surface area contributed by atoms with Gasteiger partial charge in [0.25, 0.3) is 0 Å². The molecule has 0 heterocycles. The number of carbonyl (C=O) groups is 1. The lowest BCUT2D eigenvalue weighted by Crippen LogP contribution is -2.26. The predicted octanol–water partition coefficient (Wildman–Crippen LogP) is 3.98. The number of benzene rings is 2. The Kier molecular flexibility index (Phi) is 4.81. The van der Waals surface area contributed by atoms with E-state index in [-0.39, 0.29) is 6.61 Å². The van der Waals surface area contributed by atoms with Crippen molar-refractivity contribution in [3.8, 4) is 6.07 Å². The van der Waals surface area contributed by atoms with Gasteiger partial charge in [-0.2, -0.15) is 5.26 Å². The van der Waals surface area contributed by atoms with Crippen LogP contribution >= 0.6 is 11.6 Å². The molecule has 1 amide bonds. The summed E-state index contributed by atoms with van der Waals surface area (Å²) in [6.07, 6.45) is -0.486. The van der Waals surface area contributed by atoms with Gasteiger partial charge in [0.15, 0.2) is 0 Å². The summed E-state index contributed by atoms with van der Waals surface area (Å²) >= 11 is 5.95. The third-order valence-corrected chi connectivity index (χ3v) is 3.25. The monoisotopic (exact) mass is 300 g/mol. The van der Waals surface area contributed by atoms with Crippen molar-refractivity contribution >= 4 is 23.4 Å². The maximum atomic E-state index is 12.0. The Morgan fingerprint density at radius 2 is 2.00 bits per heavy atom. The Bertz CT molecular complexity index is 680. The van der Waals surface area contributed by atoms with Gasteiger partial charge in [-0.25, -0.2) is 4.79 Å². The Balaban J connectivity index is 2.02. The molecular weight excluding hydrogens is 288 g/mol. The van der Waals surface area contributed by atoms with E-state index in [2.05, 4.69) is 0 Å². The van der Waals surface area contributed by atoms with E-state index in [0.29, 0.717) is 16.3 Å². The Morgan fingerprint density at radius 1 is 1.29 bits per heavy atom. The lowest BCUT2D eigenvalue weighted by Gasteiger charge is -2.17. The molecule has 0 aliphatic rings. The van der Waals surface area contributed by atoms with E-state index in [9.17, 15) is 4.79 Å². The molecule has 2 aromatic rings. The van der Waals surface area contributed by atoms with Gasteiger partial charge in [0.2, 0.25) is 0 Å². The number of rotatable bonds is 3. The molecule has 0 saturated carbocycles. The molecule has 0 aliphatic carbocycles. The van der Waals surface area contributed by atoms with Gasteiger partial charge in [-0.05, 0) is 23.8 Å². The second kappa shape index (κ2) is 6.78. The van der Waals surface area contributed by atoms with Crippen molar-refractivity contribution in [1.29, 1.82) is 5.26 Å². The van der Waals surface area contributed by atoms with Crippen LogP contribution in [0, 0.1) is 11.3 Å². The number of nitriles is 1. The molecule has 0 aromatic heterocycles. The van der Waals surface area contributed by atoms with Gasteiger partial charge in [0.05, 0.1) is 10.6 Å².